The number of carbonyl (C=O) groups excluding carboxylic acids is 2. The van der Waals surface area contributed by atoms with E-state index in [1.54, 1.807) is 6.07 Å². The highest BCUT2D eigenvalue weighted by atomic mass is 19.1. The van der Waals surface area contributed by atoms with Crippen LogP contribution >= 0.6 is 0 Å². The normalized spacial score (nSPS) is 16.5. The topological polar surface area (TPSA) is 89.8 Å². The molecule has 1 fully saturated rings. The molecular formula is C19H17FN2O5. The van der Waals surface area contributed by atoms with E-state index >= 15 is 0 Å². The summed E-state index contributed by atoms with van der Waals surface area (Å²) in [7, 11) is 0. The zero-order valence-electron chi connectivity index (χ0n) is 14.8. The minimum atomic E-state index is -0.801. The second-order valence-corrected chi connectivity index (χ2v) is 6.41. The van der Waals surface area contributed by atoms with Gasteiger partial charge in [-0.2, -0.15) is 0 Å². The number of aryl methyl sites for hydroxylation is 1. The third-order valence-electron chi connectivity index (χ3n) is 4.65. The summed E-state index contributed by atoms with van der Waals surface area (Å²) in [6.07, 6.45) is -0.0741. The molecule has 1 saturated heterocycles. The number of hydrogen-bond donors (Lipinski definition) is 0. The van der Waals surface area contributed by atoms with Crippen LogP contribution in [0.4, 0.5) is 15.8 Å². The first-order valence-electron chi connectivity index (χ1n) is 8.30. The number of hydrogen-bond acceptors (Lipinski definition) is 5. The molecule has 2 aromatic rings. The van der Waals surface area contributed by atoms with Gasteiger partial charge in [0, 0.05) is 30.8 Å². The highest BCUT2D eigenvalue weighted by Gasteiger charge is 2.37. The molecular weight excluding hydrogens is 355 g/mol. The van der Waals surface area contributed by atoms with Gasteiger partial charge in [-0.05, 0) is 37.1 Å². The first kappa shape index (κ1) is 18.5. The van der Waals surface area contributed by atoms with Crippen LogP contribution in [-0.4, -0.2) is 23.3 Å². The lowest BCUT2D eigenvalue weighted by atomic mass is 10.1. The summed E-state index contributed by atoms with van der Waals surface area (Å²) in [6, 6.07) is 8.18. The third-order valence-corrected chi connectivity index (χ3v) is 4.65. The zero-order valence-corrected chi connectivity index (χ0v) is 14.8. The Morgan fingerprint density at radius 1 is 1.30 bits per heavy atom. The molecule has 27 heavy (non-hydrogen) atoms. The number of carbonyl (C=O) groups is 2. The van der Waals surface area contributed by atoms with Gasteiger partial charge in [-0.1, -0.05) is 12.1 Å². The SMILES string of the molecule is Cc1cccc(N2CC(C(=O)Oc3cc(F)ccc3[N+](=O)[O-])CC2=O)c1C. The predicted octanol–water partition coefficient (Wildman–Crippen LogP) is 3.31. The monoisotopic (exact) mass is 372 g/mol. The lowest BCUT2D eigenvalue weighted by Crippen LogP contribution is -2.28. The van der Waals surface area contributed by atoms with Gasteiger partial charge >= 0.3 is 11.7 Å². The minimum Gasteiger partial charge on any atom is -0.419 e. The van der Waals surface area contributed by atoms with Crippen LogP contribution in [0, 0.1) is 35.7 Å². The van der Waals surface area contributed by atoms with Gasteiger partial charge in [0.15, 0.2) is 0 Å². The second-order valence-electron chi connectivity index (χ2n) is 6.41. The molecule has 0 radical (unpaired) electrons. The van der Waals surface area contributed by atoms with Gasteiger partial charge in [0.1, 0.15) is 5.82 Å². The van der Waals surface area contributed by atoms with E-state index in [9.17, 15) is 24.1 Å². The van der Waals surface area contributed by atoms with Crippen molar-refractivity contribution in [2.45, 2.75) is 20.3 Å². The van der Waals surface area contributed by atoms with Gasteiger partial charge in [0.25, 0.3) is 0 Å². The van der Waals surface area contributed by atoms with Gasteiger partial charge in [-0.25, -0.2) is 4.39 Å². The molecule has 140 valence electrons. The fourth-order valence-corrected chi connectivity index (χ4v) is 3.04. The van der Waals surface area contributed by atoms with Crippen LogP contribution in [0.3, 0.4) is 0 Å². The summed E-state index contributed by atoms with van der Waals surface area (Å²) in [5, 5.41) is 11.0. The smallest absolute Gasteiger partial charge is 0.316 e. The second kappa shape index (κ2) is 7.14. The number of esters is 1. The Morgan fingerprint density at radius 2 is 2.04 bits per heavy atom. The van der Waals surface area contributed by atoms with E-state index in [0.717, 1.165) is 29.3 Å². The zero-order chi connectivity index (χ0) is 19.7. The number of amides is 1. The number of halogens is 1. The first-order valence-corrected chi connectivity index (χ1v) is 8.30. The van der Waals surface area contributed by atoms with E-state index in [1.165, 1.54) is 4.90 Å². The van der Waals surface area contributed by atoms with Crippen molar-refractivity contribution >= 4 is 23.3 Å². The average Bonchev–Trinajstić information content (AvgIpc) is 2.99. The van der Waals surface area contributed by atoms with Crippen LogP contribution in [0.25, 0.3) is 0 Å². The number of ether oxygens (including phenoxy) is 1. The molecule has 0 spiro atoms. The van der Waals surface area contributed by atoms with Crippen LogP contribution in [0.1, 0.15) is 17.5 Å². The maximum absolute atomic E-state index is 13.4. The van der Waals surface area contributed by atoms with Gasteiger partial charge < -0.3 is 9.64 Å². The van der Waals surface area contributed by atoms with E-state index in [-0.39, 0.29) is 18.9 Å². The lowest BCUT2D eigenvalue weighted by molar-refractivity contribution is -0.385. The first-order chi connectivity index (χ1) is 12.8. The molecule has 2 aromatic carbocycles. The molecule has 0 N–H and O–H groups in total. The molecule has 1 aliphatic rings. The number of rotatable bonds is 4. The summed E-state index contributed by atoms with van der Waals surface area (Å²) in [5.41, 5.74) is 2.15. The predicted molar refractivity (Wildman–Crippen MR) is 95.1 cm³/mol. The average molecular weight is 372 g/mol. The number of benzene rings is 2. The maximum Gasteiger partial charge on any atom is 0.316 e. The fraction of sp³-hybridized carbons (Fsp3) is 0.263. The van der Waals surface area contributed by atoms with Crippen LogP contribution in [0.2, 0.25) is 0 Å². The Hall–Kier alpha value is -3.29. The van der Waals surface area contributed by atoms with Gasteiger partial charge in [0.2, 0.25) is 11.7 Å². The van der Waals surface area contributed by atoms with E-state index in [1.807, 2.05) is 26.0 Å². The van der Waals surface area contributed by atoms with Crippen molar-refractivity contribution < 1.29 is 23.6 Å². The molecule has 1 heterocycles. The maximum atomic E-state index is 13.4. The summed E-state index contributed by atoms with van der Waals surface area (Å²) in [4.78, 5) is 36.6. The Kier molecular flexibility index (Phi) is 4.89. The highest BCUT2D eigenvalue weighted by molar-refractivity contribution is 6.00. The fourth-order valence-electron chi connectivity index (χ4n) is 3.04. The summed E-state index contributed by atoms with van der Waals surface area (Å²) < 4.78 is 18.4. The number of nitro groups is 1. The van der Waals surface area contributed by atoms with Crippen molar-refractivity contribution in [3.05, 3.63) is 63.5 Å². The highest BCUT2D eigenvalue weighted by Crippen LogP contribution is 2.32. The number of nitrogens with zero attached hydrogens (tertiary/aromatic N) is 2. The van der Waals surface area contributed by atoms with Gasteiger partial charge in [-0.3, -0.25) is 19.7 Å². The summed E-state index contributed by atoms with van der Waals surface area (Å²) in [5.74, 6) is -3.06. The van der Waals surface area contributed by atoms with E-state index in [4.69, 9.17) is 4.74 Å². The van der Waals surface area contributed by atoms with Crippen LogP contribution in [-0.2, 0) is 9.59 Å². The van der Waals surface area contributed by atoms with Crippen LogP contribution < -0.4 is 9.64 Å². The molecule has 3 rings (SSSR count). The van der Waals surface area contributed by atoms with Gasteiger partial charge in [-0.15, -0.1) is 0 Å². The molecule has 1 unspecified atom stereocenters. The van der Waals surface area contributed by atoms with Crippen molar-refractivity contribution in [2.24, 2.45) is 5.92 Å². The standard InChI is InChI=1S/C19H17FN2O5/c1-11-4-3-5-15(12(11)2)21-10-13(8-18(21)23)19(24)27-17-9-14(20)6-7-16(17)22(25)26/h3-7,9,13H,8,10H2,1-2H3. The van der Waals surface area contributed by atoms with Crippen molar-refractivity contribution in [3.8, 4) is 5.75 Å². The van der Waals surface area contributed by atoms with Gasteiger partial charge in [0.05, 0.1) is 10.8 Å². The Bertz CT molecular complexity index is 944. The summed E-state index contributed by atoms with van der Waals surface area (Å²) in [6.45, 7) is 3.92. The Labute approximate surface area is 154 Å². The quantitative estimate of drug-likeness (QED) is 0.355. The van der Waals surface area contributed by atoms with E-state index in [0.29, 0.717) is 5.69 Å². The number of anilines is 1. The molecule has 0 aromatic heterocycles. The molecule has 1 aliphatic heterocycles. The van der Waals surface area contributed by atoms with E-state index in [2.05, 4.69) is 0 Å². The molecule has 0 bridgehead atoms. The minimum absolute atomic E-state index is 0.0741. The molecule has 1 atom stereocenters. The lowest BCUT2D eigenvalue weighted by Gasteiger charge is -2.20. The van der Waals surface area contributed by atoms with E-state index < -0.39 is 34.1 Å². The molecule has 7 nitrogen and oxygen atoms in total. The molecule has 8 heteroatoms. The molecule has 0 aliphatic carbocycles. The van der Waals surface area contributed by atoms with Crippen molar-refractivity contribution in [1.29, 1.82) is 0 Å². The van der Waals surface area contributed by atoms with Crippen LogP contribution in [0.5, 0.6) is 5.75 Å². The Morgan fingerprint density at radius 3 is 2.74 bits per heavy atom. The van der Waals surface area contributed by atoms with Crippen molar-refractivity contribution in [3.63, 3.8) is 0 Å². The van der Waals surface area contributed by atoms with Crippen LogP contribution in [0.15, 0.2) is 36.4 Å². The largest absolute Gasteiger partial charge is 0.419 e. The summed E-state index contributed by atoms with van der Waals surface area (Å²) >= 11 is 0. The molecule has 1 amide bonds. The third kappa shape index (κ3) is 3.64. The molecule has 0 saturated carbocycles. The number of nitro benzene ring substituents is 1. The van der Waals surface area contributed by atoms with Crippen molar-refractivity contribution in [1.82, 2.24) is 0 Å². The Balaban J connectivity index is 1.80. The van der Waals surface area contributed by atoms with Crippen molar-refractivity contribution in [2.75, 3.05) is 11.4 Å².